The molecule has 1 aromatic carbocycles. The first-order chi connectivity index (χ1) is 8.54. The molecular weight excluding hydrogens is 256 g/mol. The highest BCUT2D eigenvalue weighted by molar-refractivity contribution is 7.85. The molecule has 0 aliphatic carbocycles. The SMILES string of the molecule is CCCNC(C)CCS(=O)c1cc(F)ccc1F. The van der Waals surface area contributed by atoms with Crippen LogP contribution in [0, 0.1) is 11.6 Å². The molecule has 0 spiro atoms. The fraction of sp³-hybridized carbons (Fsp3) is 0.538. The number of hydrogen-bond donors (Lipinski definition) is 1. The van der Waals surface area contributed by atoms with Crippen molar-refractivity contribution in [3.63, 3.8) is 0 Å². The molecule has 2 nitrogen and oxygen atoms in total. The summed E-state index contributed by atoms with van der Waals surface area (Å²) in [6.07, 6.45) is 1.70. The van der Waals surface area contributed by atoms with E-state index >= 15 is 0 Å². The normalized spacial score (nSPS) is 14.4. The van der Waals surface area contributed by atoms with Crippen LogP contribution in [-0.2, 0) is 10.8 Å². The van der Waals surface area contributed by atoms with E-state index in [0.717, 1.165) is 31.2 Å². The number of halogens is 2. The van der Waals surface area contributed by atoms with Gasteiger partial charge in [-0.05, 0) is 44.5 Å². The maximum Gasteiger partial charge on any atom is 0.139 e. The Morgan fingerprint density at radius 1 is 1.39 bits per heavy atom. The van der Waals surface area contributed by atoms with E-state index in [1.54, 1.807) is 0 Å². The second kappa shape index (κ2) is 7.59. The predicted octanol–water partition coefficient (Wildman–Crippen LogP) is 2.85. The zero-order valence-corrected chi connectivity index (χ0v) is 11.5. The van der Waals surface area contributed by atoms with E-state index in [1.807, 2.05) is 6.92 Å². The van der Waals surface area contributed by atoms with Crippen LogP contribution in [0.5, 0.6) is 0 Å². The van der Waals surface area contributed by atoms with Crippen molar-refractivity contribution in [2.75, 3.05) is 12.3 Å². The van der Waals surface area contributed by atoms with E-state index in [2.05, 4.69) is 12.2 Å². The highest BCUT2D eigenvalue weighted by Gasteiger charge is 2.12. The van der Waals surface area contributed by atoms with Crippen molar-refractivity contribution < 1.29 is 13.0 Å². The van der Waals surface area contributed by atoms with Crippen LogP contribution in [0.15, 0.2) is 23.1 Å². The molecule has 1 rings (SSSR count). The van der Waals surface area contributed by atoms with Crippen LogP contribution in [0.3, 0.4) is 0 Å². The van der Waals surface area contributed by atoms with Gasteiger partial charge in [0.1, 0.15) is 11.6 Å². The van der Waals surface area contributed by atoms with Gasteiger partial charge in [-0.1, -0.05) is 6.92 Å². The minimum absolute atomic E-state index is 0.0438. The molecular formula is C13H19F2NOS. The molecule has 5 heteroatoms. The summed E-state index contributed by atoms with van der Waals surface area (Å²) in [5.74, 6) is -0.834. The molecule has 0 fully saturated rings. The van der Waals surface area contributed by atoms with Crippen molar-refractivity contribution in [1.82, 2.24) is 5.32 Å². The van der Waals surface area contributed by atoms with Crippen molar-refractivity contribution >= 4 is 10.8 Å². The maximum absolute atomic E-state index is 13.4. The van der Waals surface area contributed by atoms with Gasteiger partial charge < -0.3 is 5.32 Å². The summed E-state index contributed by atoms with van der Waals surface area (Å²) in [4.78, 5) is -0.0438. The van der Waals surface area contributed by atoms with Gasteiger partial charge in [-0.15, -0.1) is 0 Å². The Bertz CT molecular complexity index is 412. The molecule has 0 bridgehead atoms. The molecule has 0 amide bonds. The lowest BCUT2D eigenvalue weighted by molar-refractivity contribution is 0.532. The van der Waals surface area contributed by atoms with Gasteiger partial charge in [0, 0.05) is 11.8 Å². The summed E-state index contributed by atoms with van der Waals surface area (Å²) in [7, 11) is -1.49. The molecule has 0 saturated heterocycles. The van der Waals surface area contributed by atoms with E-state index < -0.39 is 22.4 Å². The second-order valence-corrected chi connectivity index (χ2v) is 5.81. The lowest BCUT2D eigenvalue weighted by Gasteiger charge is -2.12. The summed E-state index contributed by atoms with van der Waals surface area (Å²) < 4.78 is 38.2. The van der Waals surface area contributed by atoms with Crippen LogP contribution in [0.2, 0.25) is 0 Å². The highest BCUT2D eigenvalue weighted by Crippen LogP contribution is 2.15. The van der Waals surface area contributed by atoms with Gasteiger partial charge in [0.25, 0.3) is 0 Å². The smallest absolute Gasteiger partial charge is 0.139 e. The van der Waals surface area contributed by atoms with Crippen LogP contribution >= 0.6 is 0 Å². The third-order valence-electron chi connectivity index (χ3n) is 2.62. The first-order valence-corrected chi connectivity index (χ1v) is 7.43. The minimum Gasteiger partial charge on any atom is -0.314 e. The molecule has 0 radical (unpaired) electrons. The quantitative estimate of drug-likeness (QED) is 0.829. The predicted molar refractivity (Wildman–Crippen MR) is 70.0 cm³/mol. The van der Waals surface area contributed by atoms with Gasteiger partial charge in [-0.25, -0.2) is 8.78 Å². The average Bonchev–Trinajstić information content (AvgIpc) is 2.36. The fourth-order valence-corrected chi connectivity index (χ4v) is 2.86. The monoisotopic (exact) mass is 275 g/mol. The third kappa shape index (κ3) is 4.82. The van der Waals surface area contributed by atoms with Crippen LogP contribution in [0.4, 0.5) is 8.78 Å². The Morgan fingerprint density at radius 3 is 2.78 bits per heavy atom. The van der Waals surface area contributed by atoms with Crippen molar-refractivity contribution in [1.29, 1.82) is 0 Å². The third-order valence-corrected chi connectivity index (χ3v) is 4.03. The van der Waals surface area contributed by atoms with E-state index in [9.17, 15) is 13.0 Å². The van der Waals surface area contributed by atoms with E-state index in [4.69, 9.17) is 0 Å². The first kappa shape index (κ1) is 15.2. The molecule has 1 N–H and O–H groups in total. The Labute approximate surface area is 109 Å². The van der Waals surface area contributed by atoms with Crippen LogP contribution < -0.4 is 5.32 Å². The second-order valence-electron chi connectivity index (χ2n) is 4.27. The van der Waals surface area contributed by atoms with Crippen LogP contribution in [0.1, 0.15) is 26.7 Å². The molecule has 102 valence electrons. The molecule has 0 heterocycles. The summed E-state index contributed by atoms with van der Waals surface area (Å²) >= 11 is 0. The van der Waals surface area contributed by atoms with E-state index in [0.29, 0.717) is 12.2 Å². The Hall–Kier alpha value is -0.810. The van der Waals surface area contributed by atoms with Crippen molar-refractivity contribution in [2.45, 2.75) is 37.6 Å². The Kier molecular flexibility index (Phi) is 6.43. The summed E-state index contributed by atoms with van der Waals surface area (Å²) in [6, 6.07) is 3.28. The Balaban J connectivity index is 2.52. The standard InChI is InChI=1S/C13H19F2NOS/c1-3-7-16-10(2)6-8-18(17)13-9-11(14)4-5-12(13)15/h4-5,9-10,16H,3,6-8H2,1-2H3. The van der Waals surface area contributed by atoms with Crippen molar-refractivity contribution in [2.24, 2.45) is 0 Å². The molecule has 0 saturated carbocycles. The first-order valence-electron chi connectivity index (χ1n) is 6.11. The Morgan fingerprint density at radius 2 is 2.11 bits per heavy atom. The molecule has 2 unspecified atom stereocenters. The van der Waals surface area contributed by atoms with Gasteiger partial charge >= 0.3 is 0 Å². The molecule has 0 aromatic heterocycles. The highest BCUT2D eigenvalue weighted by atomic mass is 32.2. The lowest BCUT2D eigenvalue weighted by atomic mass is 10.2. The molecule has 18 heavy (non-hydrogen) atoms. The number of rotatable bonds is 7. The number of hydrogen-bond acceptors (Lipinski definition) is 2. The maximum atomic E-state index is 13.4. The fourth-order valence-electron chi connectivity index (χ4n) is 1.54. The molecule has 2 atom stereocenters. The average molecular weight is 275 g/mol. The number of nitrogens with one attached hydrogen (secondary N) is 1. The summed E-state index contributed by atoms with van der Waals surface area (Å²) in [5, 5.41) is 3.26. The van der Waals surface area contributed by atoms with Gasteiger partial charge in [-0.2, -0.15) is 0 Å². The summed E-state index contributed by atoms with van der Waals surface area (Å²) in [6.45, 7) is 4.97. The largest absolute Gasteiger partial charge is 0.314 e. The van der Waals surface area contributed by atoms with Crippen molar-refractivity contribution in [3.8, 4) is 0 Å². The van der Waals surface area contributed by atoms with Crippen LogP contribution in [-0.4, -0.2) is 22.5 Å². The lowest BCUT2D eigenvalue weighted by Crippen LogP contribution is -2.28. The topological polar surface area (TPSA) is 29.1 Å². The van der Waals surface area contributed by atoms with Crippen molar-refractivity contribution in [3.05, 3.63) is 29.8 Å². The summed E-state index contributed by atoms with van der Waals surface area (Å²) in [5.41, 5.74) is 0. The van der Waals surface area contributed by atoms with Crippen LogP contribution in [0.25, 0.3) is 0 Å². The zero-order chi connectivity index (χ0) is 13.5. The zero-order valence-electron chi connectivity index (χ0n) is 10.7. The van der Waals surface area contributed by atoms with Gasteiger partial charge in [0.15, 0.2) is 0 Å². The molecule has 1 aromatic rings. The molecule has 0 aliphatic rings. The van der Waals surface area contributed by atoms with E-state index in [-0.39, 0.29) is 10.9 Å². The molecule has 0 aliphatic heterocycles. The van der Waals surface area contributed by atoms with Gasteiger partial charge in [0.2, 0.25) is 0 Å². The van der Waals surface area contributed by atoms with Gasteiger partial charge in [0.05, 0.1) is 15.7 Å². The minimum atomic E-state index is -1.49. The van der Waals surface area contributed by atoms with Gasteiger partial charge in [-0.3, -0.25) is 4.21 Å². The number of benzene rings is 1. The van der Waals surface area contributed by atoms with E-state index in [1.165, 1.54) is 0 Å².